The first-order valence-corrected chi connectivity index (χ1v) is 8.30. The van der Waals surface area contributed by atoms with Crippen LogP contribution in [0.15, 0.2) is 48.5 Å². The summed E-state index contributed by atoms with van der Waals surface area (Å²) in [5.41, 5.74) is 0.910. The maximum atomic E-state index is 12.5. The Morgan fingerprint density at radius 1 is 0.960 bits per heavy atom. The number of rotatable bonds is 4. The summed E-state index contributed by atoms with van der Waals surface area (Å²) in [5.74, 6) is 0.634. The molecule has 2 N–H and O–H groups in total. The molecule has 1 aliphatic heterocycles. The van der Waals surface area contributed by atoms with E-state index >= 15 is 0 Å². The van der Waals surface area contributed by atoms with Gasteiger partial charge in [-0.3, -0.25) is 9.59 Å². The summed E-state index contributed by atoms with van der Waals surface area (Å²) in [7, 11) is 0. The van der Waals surface area contributed by atoms with Gasteiger partial charge in [-0.25, -0.2) is 0 Å². The average molecular weight is 338 g/mol. The minimum atomic E-state index is -0.769. The molecule has 2 aliphatic rings. The Morgan fingerprint density at radius 2 is 1.68 bits per heavy atom. The van der Waals surface area contributed by atoms with E-state index in [9.17, 15) is 9.59 Å². The van der Waals surface area contributed by atoms with E-state index in [0.29, 0.717) is 22.7 Å². The summed E-state index contributed by atoms with van der Waals surface area (Å²) >= 11 is 0. The Balaban J connectivity index is 1.47. The molecular formula is C19H18N2O4. The molecule has 2 amide bonds. The van der Waals surface area contributed by atoms with E-state index in [4.69, 9.17) is 9.47 Å². The zero-order valence-corrected chi connectivity index (χ0v) is 13.5. The summed E-state index contributed by atoms with van der Waals surface area (Å²) in [5, 5.41) is 5.71. The van der Waals surface area contributed by atoms with Crippen LogP contribution in [0.1, 0.15) is 23.2 Å². The molecule has 1 atom stereocenters. The Kier molecular flexibility index (Phi) is 4.01. The van der Waals surface area contributed by atoms with E-state index in [0.717, 1.165) is 12.8 Å². The van der Waals surface area contributed by atoms with E-state index in [2.05, 4.69) is 10.6 Å². The smallest absolute Gasteiger partial charge is 0.269 e. The molecule has 1 fully saturated rings. The number of benzene rings is 2. The fraction of sp³-hybridized carbons (Fsp3) is 0.263. The van der Waals surface area contributed by atoms with Crippen molar-refractivity contribution in [2.75, 3.05) is 11.9 Å². The van der Waals surface area contributed by atoms with Crippen molar-refractivity contribution in [3.8, 4) is 11.5 Å². The van der Waals surface area contributed by atoms with Crippen LogP contribution in [0.2, 0.25) is 0 Å². The Morgan fingerprint density at radius 3 is 2.48 bits per heavy atom. The van der Waals surface area contributed by atoms with Gasteiger partial charge in [-0.2, -0.15) is 0 Å². The second-order valence-corrected chi connectivity index (χ2v) is 6.15. The lowest BCUT2D eigenvalue weighted by Crippen LogP contribution is -2.40. The predicted octanol–water partition coefficient (Wildman–Crippen LogP) is 2.36. The third-order valence-electron chi connectivity index (χ3n) is 4.14. The van der Waals surface area contributed by atoms with E-state index in [1.807, 2.05) is 12.1 Å². The van der Waals surface area contributed by atoms with E-state index in [1.54, 1.807) is 36.4 Å². The zero-order valence-electron chi connectivity index (χ0n) is 13.5. The number of nitrogens with one attached hydrogen (secondary N) is 2. The van der Waals surface area contributed by atoms with Gasteiger partial charge in [-0.05, 0) is 37.1 Å². The van der Waals surface area contributed by atoms with Gasteiger partial charge in [-0.15, -0.1) is 0 Å². The van der Waals surface area contributed by atoms with Crippen LogP contribution >= 0.6 is 0 Å². The highest BCUT2D eigenvalue weighted by Gasteiger charge is 2.29. The van der Waals surface area contributed by atoms with Crippen LogP contribution in [-0.2, 0) is 4.79 Å². The van der Waals surface area contributed by atoms with Crippen molar-refractivity contribution in [3.05, 3.63) is 54.1 Å². The summed E-state index contributed by atoms with van der Waals surface area (Å²) in [6.07, 6.45) is 1.24. The highest BCUT2D eigenvalue weighted by molar-refractivity contribution is 6.05. The highest BCUT2D eigenvalue weighted by Crippen LogP contribution is 2.31. The summed E-state index contributed by atoms with van der Waals surface area (Å²) in [4.78, 5) is 24.9. The number of carbonyl (C=O) groups excluding carboxylic acids is 2. The maximum absolute atomic E-state index is 12.5. The van der Waals surface area contributed by atoms with Crippen LogP contribution in [-0.4, -0.2) is 30.6 Å². The standard InChI is InChI=1S/C19H18N2O4/c22-18(20-12-9-10-12)13-5-1-2-6-14(13)21-19(23)17-11-24-15-7-3-4-8-16(15)25-17/h1-8,12,17H,9-11H2,(H,20,22)(H,21,23)/t17-/m1/s1. The third-order valence-corrected chi connectivity index (χ3v) is 4.14. The first kappa shape index (κ1) is 15.5. The monoisotopic (exact) mass is 338 g/mol. The van der Waals surface area contributed by atoms with Gasteiger partial charge in [0, 0.05) is 6.04 Å². The topological polar surface area (TPSA) is 76.7 Å². The number of hydrogen-bond acceptors (Lipinski definition) is 4. The average Bonchev–Trinajstić information content (AvgIpc) is 3.45. The SMILES string of the molecule is O=C(NC1CC1)c1ccccc1NC(=O)[C@H]1COc2ccccc2O1. The number of ether oxygens (including phenoxy) is 2. The quantitative estimate of drug-likeness (QED) is 0.897. The van der Waals surface area contributed by atoms with Crippen LogP contribution in [0.5, 0.6) is 11.5 Å². The molecule has 25 heavy (non-hydrogen) atoms. The fourth-order valence-electron chi connectivity index (χ4n) is 2.64. The lowest BCUT2D eigenvalue weighted by Gasteiger charge is -2.25. The van der Waals surface area contributed by atoms with Gasteiger partial charge < -0.3 is 20.1 Å². The Hall–Kier alpha value is -3.02. The van der Waals surface area contributed by atoms with Crippen molar-refractivity contribution >= 4 is 17.5 Å². The molecule has 1 saturated carbocycles. The molecular weight excluding hydrogens is 320 g/mol. The minimum absolute atomic E-state index is 0.124. The molecule has 6 nitrogen and oxygen atoms in total. The molecule has 0 aromatic heterocycles. The van der Waals surface area contributed by atoms with Crippen molar-refractivity contribution in [3.63, 3.8) is 0 Å². The first-order valence-electron chi connectivity index (χ1n) is 8.30. The lowest BCUT2D eigenvalue weighted by molar-refractivity contribution is -0.125. The van der Waals surface area contributed by atoms with Crippen molar-refractivity contribution < 1.29 is 19.1 Å². The van der Waals surface area contributed by atoms with Gasteiger partial charge in [0.2, 0.25) is 6.10 Å². The van der Waals surface area contributed by atoms with Gasteiger partial charge in [-0.1, -0.05) is 24.3 Å². The molecule has 1 aliphatic carbocycles. The molecule has 2 aromatic rings. The number of para-hydroxylation sites is 3. The van der Waals surface area contributed by atoms with Crippen LogP contribution in [0.3, 0.4) is 0 Å². The van der Waals surface area contributed by atoms with E-state index in [-0.39, 0.29) is 24.5 Å². The second-order valence-electron chi connectivity index (χ2n) is 6.15. The molecule has 6 heteroatoms. The summed E-state index contributed by atoms with van der Waals surface area (Å²) in [6, 6.07) is 14.4. The molecule has 0 saturated heterocycles. The van der Waals surface area contributed by atoms with Crippen molar-refractivity contribution in [2.24, 2.45) is 0 Å². The molecule has 4 rings (SSSR count). The minimum Gasteiger partial charge on any atom is -0.485 e. The van der Waals surface area contributed by atoms with Crippen molar-refractivity contribution in [2.45, 2.75) is 25.0 Å². The number of hydrogen-bond donors (Lipinski definition) is 2. The molecule has 128 valence electrons. The van der Waals surface area contributed by atoms with Gasteiger partial charge in [0.1, 0.15) is 6.61 Å². The summed E-state index contributed by atoms with van der Waals surface area (Å²) in [6.45, 7) is 0.124. The molecule has 2 aromatic carbocycles. The van der Waals surface area contributed by atoms with Gasteiger partial charge in [0.15, 0.2) is 11.5 Å². The molecule has 1 heterocycles. The highest BCUT2D eigenvalue weighted by atomic mass is 16.6. The normalized spacial score (nSPS) is 18.3. The van der Waals surface area contributed by atoms with Crippen LogP contribution in [0, 0.1) is 0 Å². The molecule has 0 bridgehead atoms. The predicted molar refractivity (Wildman–Crippen MR) is 91.9 cm³/mol. The van der Waals surface area contributed by atoms with Crippen LogP contribution < -0.4 is 20.1 Å². The second kappa shape index (κ2) is 6.47. The number of carbonyl (C=O) groups is 2. The molecule has 0 spiro atoms. The molecule has 0 unspecified atom stereocenters. The van der Waals surface area contributed by atoms with E-state index < -0.39 is 6.10 Å². The van der Waals surface area contributed by atoms with Crippen LogP contribution in [0.4, 0.5) is 5.69 Å². The van der Waals surface area contributed by atoms with Gasteiger partial charge in [0.25, 0.3) is 11.8 Å². The Labute approximate surface area is 145 Å². The Bertz CT molecular complexity index is 817. The third kappa shape index (κ3) is 3.42. The van der Waals surface area contributed by atoms with Crippen LogP contribution in [0.25, 0.3) is 0 Å². The maximum Gasteiger partial charge on any atom is 0.269 e. The molecule has 0 radical (unpaired) electrons. The number of anilines is 1. The largest absolute Gasteiger partial charge is 0.485 e. The number of amides is 2. The van der Waals surface area contributed by atoms with Gasteiger partial charge >= 0.3 is 0 Å². The van der Waals surface area contributed by atoms with Gasteiger partial charge in [0.05, 0.1) is 11.3 Å². The van der Waals surface area contributed by atoms with E-state index in [1.165, 1.54) is 0 Å². The fourth-order valence-corrected chi connectivity index (χ4v) is 2.64. The van der Waals surface area contributed by atoms with Crippen molar-refractivity contribution in [1.82, 2.24) is 5.32 Å². The number of fused-ring (bicyclic) bond motifs is 1. The van der Waals surface area contributed by atoms with Crippen molar-refractivity contribution in [1.29, 1.82) is 0 Å². The first-order chi connectivity index (χ1) is 12.2. The summed E-state index contributed by atoms with van der Waals surface area (Å²) < 4.78 is 11.3. The zero-order chi connectivity index (χ0) is 17.2. The lowest BCUT2D eigenvalue weighted by atomic mass is 10.1.